The zero-order valence-electron chi connectivity index (χ0n) is 12.6. The average Bonchev–Trinajstić information content (AvgIpc) is 2.51. The van der Waals surface area contributed by atoms with Crippen molar-refractivity contribution in [2.45, 2.75) is 19.4 Å². The van der Waals surface area contributed by atoms with Crippen molar-refractivity contribution in [3.05, 3.63) is 42.0 Å². The summed E-state index contributed by atoms with van der Waals surface area (Å²) in [4.78, 5) is 0. The number of benzene rings is 2. The van der Waals surface area contributed by atoms with Crippen molar-refractivity contribution in [1.82, 2.24) is 0 Å². The summed E-state index contributed by atoms with van der Waals surface area (Å²) in [5, 5.41) is 2.24. The Balaban J connectivity index is 2.37. The molecule has 0 saturated heterocycles. The molecular formula is C18H21NO2. The summed E-state index contributed by atoms with van der Waals surface area (Å²) in [6, 6.07) is 12.2. The number of methoxy groups -OCH3 is 1. The van der Waals surface area contributed by atoms with Crippen LogP contribution in [-0.4, -0.2) is 26.4 Å². The highest BCUT2D eigenvalue weighted by Crippen LogP contribution is 2.28. The Kier molecular flexibility index (Phi) is 5.62. The molecule has 2 aromatic rings. The highest BCUT2D eigenvalue weighted by Gasteiger charge is 2.10. The molecule has 3 nitrogen and oxygen atoms in total. The van der Waals surface area contributed by atoms with Crippen molar-refractivity contribution in [2.75, 3.05) is 20.3 Å². The fraction of sp³-hybridized carbons (Fsp3) is 0.333. The van der Waals surface area contributed by atoms with E-state index in [1.54, 1.807) is 7.11 Å². The molecule has 3 heteroatoms. The Morgan fingerprint density at radius 1 is 1.19 bits per heavy atom. The van der Waals surface area contributed by atoms with Gasteiger partial charge in [0.2, 0.25) is 0 Å². The van der Waals surface area contributed by atoms with Crippen LogP contribution in [0.1, 0.15) is 18.9 Å². The van der Waals surface area contributed by atoms with E-state index in [2.05, 4.69) is 30.0 Å². The van der Waals surface area contributed by atoms with E-state index in [1.807, 2.05) is 25.1 Å². The highest BCUT2D eigenvalue weighted by atomic mass is 16.5. The maximum atomic E-state index is 6.03. The molecule has 0 spiro atoms. The van der Waals surface area contributed by atoms with Gasteiger partial charge in [0.15, 0.2) is 0 Å². The molecule has 0 bridgehead atoms. The Bertz CT molecular complexity index is 655. The van der Waals surface area contributed by atoms with Crippen molar-refractivity contribution in [1.29, 1.82) is 0 Å². The maximum absolute atomic E-state index is 6.03. The first kappa shape index (κ1) is 15.4. The summed E-state index contributed by atoms with van der Waals surface area (Å²) in [5.41, 5.74) is 6.41. The van der Waals surface area contributed by atoms with Gasteiger partial charge in [0.05, 0.1) is 18.2 Å². The standard InChI is InChI=1S/C18H21NO2/c1-14(11-13-20-2)21-18-10-9-15-6-3-4-7-16(15)17(18)8-5-12-19/h3-4,6-7,9-10,14H,11-13,19H2,1-2H3. The molecule has 2 rings (SSSR count). The third-order valence-corrected chi connectivity index (χ3v) is 3.26. The first-order valence-corrected chi connectivity index (χ1v) is 7.12. The lowest BCUT2D eigenvalue weighted by Crippen LogP contribution is -2.15. The summed E-state index contributed by atoms with van der Waals surface area (Å²) in [7, 11) is 1.70. The van der Waals surface area contributed by atoms with Gasteiger partial charge in [-0.15, -0.1) is 0 Å². The molecule has 0 heterocycles. The molecule has 21 heavy (non-hydrogen) atoms. The number of rotatable bonds is 5. The minimum absolute atomic E-state index is 0.0736. The quantitative estimate of drug-likeness (QED) is 0.858. The molecular weight excluding hydrogens is 262 g/mol. The summed E-state index contributed by atoms with van der Waals surface area (Å²) in [5.74, 6) is 6.88. The summed E-state index contributed by atoms with van der Waals surface area (Å²) < 4.78 is 11.1. The number of hydrogen-bond donors (Lipinski definition) is 1. The zero-order chi connectivity index (χ0) is 15.1. The van der Waals surface area contributed by atoms with E-state index >= 15 is 0 Å². The highest BCUT2D eigenvalue weighted by molar-refractivity contribution is 5.90. The van der Waals surface area contributed by atoms with E-state index in [-0.39, 0.29) is 6.10 Å². The van der Waals surface area contributed by atoms with Gasteiger partial charge in [-0.25, -0.2) is 0 Å². The third kappa shape index (κ3) is 3.98. The van der Waals surface area contributed by atoms with Gasteiger partial charge in [0.25, 0.3) is 0 Å². The van der Waals surface area contributed by atoms with Gasteiger partial charge >= 0.3 is 0 Å². The maximum Gasteiger partial charge on any atom is 0.135 e. The van der Waals surface area contributed by atoms with Crippen LogP contribution in [0.5, 0.6) is 5.75 Å². The van der Waals surface area contributed by atoms with Crippen molar-refractivity contribution in [3.8, 4) is 17.6 Å². The molecule has 2 N–H and O–H groups in total. The molecule has 2 aromatic carbocycles. The number of nitrogens with two attached hydrogens (primary N) is 1. The molecule has 1 unspecified atom stereocenters. The van der Waals surface area contributed by atoms with Crippen LogP contribution in [0.25, 0.3) is 10.8 Å². The average molecular weight is 283 g/mol. The van der Waals surface area contributed by atoms with E-state index in [1.165, 1.54) is 0 Å². The number of ether oxygens (including phenoxy) is 2. The van der Waals surface area contributed by atoms with Crippen LogP contribution in [-0.2, 0) is 4.74 Å². The molecule has 0 aliphatic carbocycles. The van der Waals surface area contributed by atoms with Gasteiger partial charge in [-0.3, -0.25) is 0 Å². The molecule has 0 aromatic heterocycles. The second-order valence-electron chi connectivity index (χ2n) is 4.88. The third-order valence-electron chi connectivity index (χ3n) is 3.26. The van der Waals surface area contributed by atoms with Crippen molar-refractivity contribution in [3.63, 3.8) is 0 Å². The molecule has 0 saturated carbocycles. The predicted molar refractivity (Wildman–Crippen MR) is 86.5 cm³/mol. The summed E-state index contributed by atoms with van der Waals surface area (Å²) >= 11 is 0. The molecule has 1 atom stereocenters. The normalized spacial score (nSPS) is 11.8. The Hall–Kier alpha value is -2.02. The monoisotopic (exact) mass is 283 g/mol. The van der Waals surface area contributed by atoms with Crippen molar-refractivity contribution < 1.29 is 9.47 Å². The van der Waals surface area contributed by atoms with Crippen LogP contribution in [0.15, 0.2) is 36.4 Å². The lowest BCUT2D eigenvalue weighted by Gasteiger charge is -2.16. The SMILES string of the molecule is COCCC(C)Oc1ccc2ccccc2c1C#CCN. The fourth-order valence-corrected chi connectivity index (χ4v) is 2.18. The fourth-order valence-electron chi connectivity index (χ4n) is 2.18. The van der Waals surface area contributed by atoms with Gasteiger partial charge in [-0.2, -0.15) is 0 Å². The summed E-state index contributed by atoms with van der Waals surface area (Å²) in [6.07, 6.45) is 0.914. The van der Waals surface area contributed by atoms with Crippen LogP contribution in [0.3, 0.4) is 0 Å². The Labute approximate surface area is 126 Å². The van der Waals surface area contributed by atoms with E-state index in [4.69, 9.17) is 15.2 Å². The first-order chi connectivity index (χ1) is 10.3. The molecule has 0 fully saturated rings. The van der Waals surface area contributed by atoms with Crippen LogP contribution in [0.4, 0.5) is 0 Å². The molecule has 0 radical (unpaired) electrons. The Morgan fingerprint density at radius 3 is 2.76 bits per heavy atom. The van der Waals surface area contributed by atoms with E-state index in [9.17, 15) is 0 Å². The number of hydrogen-bond acceptors (Lipinski definition) is 3. The van der Waals surface area contributed by atoms with Crippen LogP contribution in [0.2, 0.25) is 0 Å². The van der Waals surface area contributed by atoms with Crippen LogP contribution >= 0.6 is 0 Å². The van der Waals surface area contributed by atoms with Crippen molar-refractivity contribution in [2.24, 2.45) is 5.73 Å². The van der Waals surface area contributed by atoms with E-state index in [0.717, 1.165) is 28.5 Å². The molecule has 110 valence electrons. The van der Waals surface area contributed by atoms with Crippen LogP contribution in [0, 0.1) is 11.8 Å². The molecule has 0 aliphatic heterocycles. The topological polar surface area (TPSA) is 44.5 Å². The predicted octanol–water partition coefficient (Wildman–Crippen LogP) is 2.95. The second kappa shape index (κ2) is 7.68. The molecule has 0 aliphatic rings. The van der Waals surface area contributed by atoms with Gasteiger partial charge < -0.3 is 15.2 Å². The zero-order valence-corrected chi connectivity index (χ0v) is 12.6. The van der Waals surface area contributed by atoms with E-state index < -0.39 is 0 Å². The minimum Gasteiger partial charge on any atom is -0.489 e. The number of fused-ring (bicyclic) bond motifs is 1. The van der Waals surface area contributed by atoms with E-state index in [0.29, 0.717) is 13.2 Å². The second-order valence-corrected chi connectivity index (χ2v) is 4.88. The van der Waals surface area contributed by atoms with Gasteiger partial charge in [0.1, 0.15) is 5.75 Å². The van der Waals surface area contributed by atoms with Crippen molar-refractivity contribution >= 4 is 10.8 Å². The van der Waals surface area contributed by atoms with Crippen LogP contribution < -0.4 is 10.5 Å². The molecule has 0 amide bonds. The largest absolute Gasteiger partial charge is 0.489 e. The smallest absolute Gasteiger partial charge is 0.135 e. The van der Waals surface area contributed by atoms with Gasteiger partial charge in [-0.05, 0) is 18.4 Å². The lowest BCUT2D eigenvalue weighted by atomic mass is 10.0. The summed E-state index contributed by atoms with van der Waals surface area (Å²) in [6.45, 7) is 3.05. The first-order valence-electron chi connectivity index (χ1n) is 7.12. The van der Waals surface area contributed by atoms with Gasteiger partial charge in [-0.1, -0.05) is 42.2 Å². The lowest BCUT2D eigenvalue weighted by molar-refractivity contribution is 0.135. The van der Waals surface area contributed by atoms with Gasteiger partial charge in [0, 0.05) is 25.5 Å². The Morgan fingerprint density at radius 2 is 2.00 bits per heavy atom. The minimum atomic E-state index is 0.0736.